The zero-order valence-electron chi connectivity index (χ0n) is 14.8. The average molecular weight is 386 g/mol. The van der Waals surface area contributed by atoms with Crippen LogP contribution in [0.2, 0.25) is 0 Å². The first-order chi connectivity index (χ1) is 13.0. The highest BCUT2D eigenvalue weighted by Crippen LogP contribution is 2.28. The summed E-state index contributed by atoms with van der Waals surface area (Å²) in [7, 11) is 1.51. The molecule has 0 spiro atoms. The van der Waals surface area contributed by atoms with Crippen LogP contribution in [0.15, 0.2) is 40.2 Å². The summed E-state index contributed by atoms with van der Waals surface area (Å²) >= 11 is 1.52. The van der Waals surface area contributed by atoms with Crippen LogP contribution < -0.4 is 15.4 Å². The molecule has 2 aromatic heterocycles. The van der Waals surface area contributed by atoms with Crippen molar-refractivity contribution in [1.29, 1.82) is 0 Å². The van der Waals surface area contributed by atoms with Gasteiger partial charge in [-0.1, -0.05) is 11.2 Å². The smallest absolute Gasteiger partial charge is 0.227 e. The first-order valence-electron chi connectivity index (χ1n) is 8.17. The van der Waals surface area contributed by atoms with Gasteiger partial charge >= 0.3 is 0 Å². The molecule has 0 aliphatic carbocycles. The molecule has 3 aromatic rings. The predicted molar refractivity (Wildman–Crippen MR) is 102 cm³/mol. The normalized spacial score (nSPS) is 10.4. The maximum Gasteiger partial charge on any atom is 0.227 e. The van der Waals surface area contributed by atoms with E-state index in [-0.39, 0.29) is 18.2 Å². The Hall–Kier alpha value is -3.20. The number of amides is 2. The summed E-state index contributed by atoms with van der Waals surface area (Å²) in [5, 5.41) is 11.3. The van der Waals surface area contributed by atoms with Gasteiger partial charge in [-0.05, 0) is 29.6 Å². The van der Waals surface area contributed by atoms with Crippen LogP contribution in [0, 0.1) is 0 Å². The van der Waals surface area contributed by atoms with Crippen LogP contribution in [0.3, 0.4) is 0 Å². The fraction of sp³-hybridized carbons (Fsp3) is 0.222. The Bertz CT molecular complexity index is 937. The summed E-state index contributed by atoms with van der Waals surface area (Å²) in [4.78, 5) is 28.7. The lowest BCUT2D eigenvalue weighted by Gasteiger charge is -2.12. The Balaban J connectivity index is 1.61. The molecule has 27 heavy (non-hydrogen) atoms. The Morgan fingerprint density at radius 2 is 2.11 bits per heavy atom. The van der Waals surface area contributed by atoms with E-state index >= 15 is 0 Å². The number of hydrogen-bond donors (Lipinski definition) is 2. The number of nitrogens with one attached hydrogen (secondary N) is 2. The first-order valence-corrected chi connectivity index (χ1v) is 9.05. The third-order valence-electron chi connectivity index (χ3n) is 3.57. The quantitative estimate of drug-likeness (QED) is 0.645. The number of aryl methyl sites for hydroxylation is 1. The number of benzene rings is 1. The topological polar surface area (TPSA) is 106 Å². The Kier molecular flexibility index (Phi) is 5.82. The van der Waals surface area contributed by atoms with E-state index in [1.165, 1.54) is 25.4 Å². The van der Waals surface area contributed by atoms with Crippen molar-refractivity contribution in [2.45, 2.75) is 19.8 Å². The van der Waals surface area contributed by atoms with Gasteiger partial charge in [-0.2, -0.15) is 4.98 Å². The number of aromatic nitrogens is 2. The lowest BCUT2D eigenvalue weighted by atomic mass is 10.2. The molecule has 0 aliphatic heterocycles. The summed E-state index contributed by atoms with van der Waals surface area (Å²) < 4.78 is 10.4. The van der Waals surface area contributed by atoms with Crippen molar-refractivity contribution in [1.82, 2.24) is 10.1 Å². The van der Waals surface area contributed by atoms with E-state index in [0.29, 0.717) is 35.3 Å². The van der Waals surface area contributed by atoms with Crippen molar-refractivity contribution in [2.75, 3.05) is 17.7 Å². The molecule has 0 fully saturated rings. The number of ether oxygens (including phenoxy) is 1. The highest BCUT2D eigenvalue weighted by molar-refractivity contribution is 7.13. The van der Waals surface area contributed by atoms with Crippen LogP contribution in [0.1, 0.15) is 19.2 Å². The Morgan fingerprint density at radius 1 is 1.26 bits per heavy atom. The number of thiophene rings is 1. The van der Waals surface area contributed by atoms with Crippen molar-refractivity contribution in [3.63, 3.8) is 0 Å². The van der Waals surface area contributed by atoms with E-state index in [9.17, 15) is 9.59 Å². The van der Waals surface area contributed by atoms with Gasteiger partial charge in [0.25, 0.3) is 0 Å². The van der Waals surface area contributed by atoms with E-state index in [2.05, 4.69) is 20.8 Å². The minimum atomic E-state index is -0.232. The van der Waals surface area contributed by atoms with Gasteiger partial charge in [0, 0.05) is 25.5 Å². The number of hydrogen-bond acceptors (Lipinski definition) is 7. The van der Waals surface area contributed by atoms with Crippen molar-refractivity contribution >= 4 is 34.5 Å². The fourth-order valence-electron chi connectivity index (χ4n) is 2.38. The number of carbonyl (C=O) groups is 2. The van der Waals surface area contributed by atoms with Crippen molar-refractivity contribution in [2.24, 2.45) is 0 Å². The van der Waals surface area contributed by atoms with E-state index in [4.69, 9.17) is 9.26 Å². The van der Waals surface area contributed by atoms with Gasteiger partial charge < -0.3 is 19.9 Å². The number of nitrogens with zero attached hydrogens (tertiary/aromatic N) is 2. The highest BCUT2D eigenvalue weighted by Gasteiger charge is 2.13. The minimum Gasteiger partial charge on any atom is -0.495 e. The molecule has 0 aliphatic rings. The zero-order chi connectivity index (χ0) is 19.2. The molecule has 2 N–H and O–H groups in total. The minimum absolute atomic E-state index is 0.166. The third kappa shape index (κ3) is 4.91. The molecule has 0 radical (unpaired) electrons. The van der Waals surface area contributed by atoms with Crippen LogP contribution in [0.25, 0.3) is 10.7 Å². The molecular formula is C18H18N4O4S. The number of rotatable bonds is 7. The highest BCUT2D eigenvalue weighted by atomic mass is 32.1. The first kappa shape index (κ1) is 18.6. The summed E-state index contributed by atoms with van der Waals surface area (Å²) in [5.74, 6) is 0.979. The molecule has 3 rings (SSSR count). The molecule has 1 aromatic carbocycles. The van der Waals surface area contributed by atoms with Gasteiger partial charge in [0.2, 0.25) is 23.5 Å². The van der Waals surface area contributed by atoms with Gasteiger partial charge in [0.1, 0.15) is 5.75 Å². The second-order valence-electron chi connectivity index (χ2n) is 5.63. The predicted octanol–water partition coefficient (Wildman–Crippen LogP) is 3.34. The van der Waals surface area contributed by atoms with Gasteiger partial charge in [-0.15, -0.1) is 11.3 Å². The van der Waals surface area contributed by atoms with E-state index in [1.54, 1.807) is 18.2 Å². The summed E-state index contributed by atoms with van der Waals surface area (Å²) in [5.41, 5.74) is 1.04. The lowest BCUT2D eigenvalue weighted by Crippen LogP contribution is -2.14. The molecule has 0 unspecified atom stereocenters. The summed E-state index contributed by atoms with van der Waals surface area (Å²) in [6.45, 7) is 1.41. The SMILES string of the molecule is COc1ccc(NC(C)=O)cc1NC(=O)CCc1nc(-c2cccs2)no1. The van der Waals surface area contributed by atoms with Gasteiger partial charge in [-0.3, -0.25) is 9.59 Å². The van der Waals surface area contributed by atoms with Crippen LogP contribution in [-0.2, 0) is 16.0 Å². The van der Waals surface area contributed by atoms with Crippen LogP contribution in [-0.4, -0.2) is 29.1 Å². The maximum absolute atomic E-state index is 12.3. The largest absolute Gasteiger partial charge is 0.495 e. The number of carbonyl (C=O) groups excluding carboxylic acids is 2. The summed E-state index contributed by atoms with van der Waals surface area (Å²) in [6, 6.07) is 8.82. The monoisotopic (exact) mass is 386 g/mol. The van der Waals surface area contributed by atoms with Gasteiger partial charge in [0.05, 0.1) is 17.7 Å². The Morgan fingerprint density at radius 3 is 2.81 bits per heavy atom. The van der Waals surface area contributed by atoms with Crippen LogP contribution in [0.4, 0.5) is 11.4 Å². The molecule has 0 saturated heterocycles. The molecule has 0 atom stereocenters. The molecule has 0 saturated carbocycles. The third-order valence-corrected chi connectivity index (χ3v) is 4.44. The van der Waals surface area contributed by atoms with Gasteiger partial charge in [-0.25, -0.2) is 0 Å². The van der Waals surface area contributed by atoms with Crippen LogP contribution in [0.5, 0.6) is 5.75 Å². The van der Waals surface area contributed by atoms with Crippen molar-refractivity contribution in [3.05, 3.63) is 41.6 Å². The van der Waals surface area contributed by atoms with Crippen LogP contribution >= 0.6 is 11.3 Å². The number of anilines is 2. The average Bonchev–Trinajstić information content (AvgIpc) is 3.31. The van der Waals surface area contributed by atoms with Crippen molar-refractivity contribution in [3.8, 4) is 16.5 Å². The fourth-order valence-corrected chi connectivity index (χ4v) is 3.03. The second kappa shape index (κ2) is 8.45. The molecule has 2 amide bonds. The molecule has 140 valence electrons. The second-order valence-corrected chi connectivity index (χ2v) is 6.58. The van der Waals surface area contributed by atoms with Gasteiger partial charge in [0.15, 0.2) is 0 Å². The van der Waals surface area contributed by atoms with E-state index in [1.807, 2.05) is 17.5 Å². The lowest BCUT2D eigenvalue weighted by molar-refractivity contribution is -0.116. The molecular weight excluding hydrogens is 368 g/mol. The zero-order valence-corrected chi connectivity index (χ0v) is 15.6. The Labute approximate surface area is 159 Å². The molecule has 2 heterocycles. The summed E-state index contributed by atoms with van der Waals surface area (Å²) in [6.07, 6.45) is 0.484. The standard InChI is InChI=1S/C18H18N4O4S/c1-11(23)19-12-5-6-14(25-2)13(10-12)20-16(24)7-8-17-21-18(22-26-17)15-4-3-9-27-15/h3-6,9-10H,7-8H2,1-2H3,(H,19,23)(H,20,24). The van der Waals surface area contributed by atoms with Crippen molar-refractivity contribution < 1.29 is 18.8 Å². The van der Waals surface area contributed by atoms with E-state index in [0.717, 1.165) is 4.88 Å². The maximum atomic E-state index is 12.3. The molecule has 8 nitrogen and oxygen atoms in total. The molecule has 9 heteroatoms. The molecule has 0 bridgehead atoms. The van der Waals surface area contributed by atoms with E-state index < -0.39 is 0 Å². The number of methoxy groups -OCH3 is 1.